The lowest BCUT2D eigenvalue weighted by atomic mass is 9.83. The van der Waals surface area contributed by atoms with Crippen molar-refractivity contribution >= 4 is 43.1 Å². The summed E-state index contributed by atoms with van der Waals surface area (Å²) in [5.74, 6) is 0. The molecule has 0 amide bonds. The zero-order valence-electron chi connectivity index (χ0n) is 28.6. The number of rotatable bonds is 5. The van der Waals surface area contributed by atoms with Gasteiger partial charge in [0.15, 0.2) is 0 Å². The molecular formula is C52H34. The van der Waals surface area contributed by atoms with E-state index in [9.17, 15) is 0 Å². The molecule has 0 aliphatic carbocycles. The van der Waals surface area contributed by atoms with Crippen molar-refractivity contribution in [3.8, 4) is 55.6 Å². The molecule has 10 aromatic carbocycles. The average molecular weight is 659 g/mol. The molecule has 10 rings (SSSR count). The third kappa shape index (κ3) is 5.08. The molecular weight excluding hydrogens is 625 g/mol. The molecule has 0 aliphatic heterocycles. The Morgan fingerprint density at radius 2 is 0.558 bits per heavy atom. The minimum Gasteiger partial charge on any atom is -0.0622 e. The van der Waals surface area contributed by atoms with Crippen molar-refractivity contribution in [2.45, 2.75) is 0 Å². The van der Waals surface area contributed by atoms with E-state index in [1.807, 2.05) is 0 Å². The van der Waals surface area contributed by atoms with Gasteiger partial charge in [-0.3, -0.25) is 0 Å². The van der Waals surface area contributed by atoms with E-state index < -0.39 is 0 Å². The van der Waals surface area contributed by atoms with Crippen LogP contribution in [-0.2, 0) is 0 Å². The predicted molar refractivity (Wildman–Crippen MR) is 224 cm³/mol. The van der Waals surface area contributed by atoms with E-state index in [0.717, 1.165) is 0 Å². The van der Waals surface area contributed by atoms with Gasteiger partial charge in [-0.05, 0) is 111 Å². The molecule has 0 atom stereocenters. The summed E-state index contributed by atoms with van der Waals surface area (Å²) in [6.45, 7) is 0. The molecule has 0 fully saturated rings. The van der Waals surface area contributed by atoms with Crippen LogP contribution in [0.4, 0.5) is 0 Å². The van der Waals surface area contributed by atoms with Crippen LogP contribution in [0.2, 0.25) is 0 Å². The Kier molecular flexibility index (Phi) is 7.25. The van der Waals surface area contributed by atoms with Gasteiger partial charge >= 0.3 is 0 Å². The lowest BCUT2D eigenvalue weighted by molar-refractivity contribution is 1.61. The van der Waals surface area contributed by atoms with Gasteiger partial charge in [-0.2, -0.15) is 0 Å². The first-order valence-electron chi connectivity index (χ1n) is 18.0. The molecule has 0 spiro atoms. The number of fused-ring (bicyclic) bond motifs is 4. The van der Waals surface area contributed by atoms with Gasteiger partial charge in [-0.1, -0.05) is 194 Å². The summed E-state index contributed by atoms with van der Waals surface area (Å²) in [6.07, 6.45) is 0. The van der Waals surface area contributed by atoms with Gasteiger partial charge in [0.2, 0.25) is 0 Å². The number of hydrogen-bond donors (Lipinski definition) is 0. The second kappa shape index (κ2) is 12.5. The van der Waals surface area contributed by atoms with Crippen LogP contribution < -0.4 is 0 Å². The molecule has 0 aliphatic rings. The summed E-state index contributed by atoms with van der Waals surface area (Å²) in [6, 6.07) is 75.6. The fraction of sp³-hybridized carbons (Fsp3) is 0. The fourth-order valence-corrected chi connectivity index (χ4v) is 8.20. The van der Waals surface area contributed by atoms with Crippen LogP contribution in [0.25, 0.3) is 98.7 Å². The Morgan fingerprint density at radius 1 is 0.192 bits per heavy atom. The highest BCUT2D eigenvalue weighted by atomic mass is 14.2. The van der Waals surface area contributed by atoms with Crippen molar-refractivity contribution in [1.29, 1.82) is 0 Å². The molecule has 0 heterocycles. The van der Waals surface area contributed by atoms with Crippen molar-refractivity contribution in [3.63, 3.8) is 0 Å². The molecule has 0 aromatic heterocycles. The maximum Gasteiger partial charge on any atom is -0.00261 e. The average Bonchev–Trinajstić information content (AvgIpc) is 3.22. The van der Waals surface area contributed by atoms with E-state index in [0.29, 0.717) is 0 Å². The third-order valence-electron chi connectivity index (χ3n) is 10.7. The molecule has 10 aromatic rings. The second-order valence-electron chi connectivity index (χ2n) is 13.6. The molecule has 0 radical (unpaired) electrons. The standard InChI is InChI=1S/C52H34/c1-3-13-35(14-4-1)36-25-27-40(28-26-36)52-48-32-30-41(45-23-11-19-37-15-7-9-21-43(37)45)33-49(48)51(39-17-5-2-6-18-39)47-31-29-42(34-50(47)52)46-24-12-20-38-16-8-10-22-44(38)46/h1-34H. The Hall–Kier alpha value is -6.76. The molecule has 0 saturated heterocycles. The molecule has 242 valence electrons. The quantitative estimate of drug-likeness (QED) is 0.161. The number of hydrogen-bond acceptors (Lipinski definition) is 0. The van der Waals surface area contributed by atoms with Crippen LogP contribution >= 0.6 is 0 Å². The summed E-state index contributed by atoms with van der Waals surface area (Å²) >= 11 is 0. The van der Waals surface area contributed by atoms with Gasteiger partial charge < -0.3 is 0 Å². The van der Waals surface area contributed by atoms with Crippen molar-refractivity contribution in [2.24, 2.45) is 0 Å². The fourth-order valence-electron chi connectivity index (χ4n) is 8.20. The molecule has 0 heteroatoms. The first kappa shape index (κ1) is 30.1. The normalized spacial score (nSPS) is 11.5. The van der Waals surface area contributed by atoms with Gasteiger partial charge in [-0.15, -0.1) is 0 Å². The maximum absolute atomic E-state index is 2.43. The number of benzene rings is 10. The van der Waals surface area contributed by atoms with Crippen molar-refractivity contribution in [2.75, 3.05) is 0 Å². The minimum absolute atomic E-state index is 1.21. The summed E-state index contributed by atoms with van der Waals surface area (Å²) in [5.41, 5.74) is 12.3. The molecule has 0 N–H and O–H groups in total. The smallest absolute Gasteiger partial charge is 0.00261 e. The Balaban J connectivity index is 1.30. The first-order valence-corrected chi connectivity index (χ1v) is 18.0. The van der Waals surface area contributed by atoms with Crippen molar-refractivity contribution in [1.82, 2.24) is 0 Å². The summed E-state index contributed by atoms with van der Waals surface area (Å²) in [4.78, 5) is 0. The van der Waals surface area contributed by atoms with Crippen molar-refractivity contribution < 1.29 is 0 Å². The zero-order valence-corrected chi connectivity index (χ0v) is 28.6. The molecule has 0 unspecified atom stereocenters. The van der Waals surface area contributed by atoms with E-state index >= 15 is 0 Å². The van der Waals surface area contributed by atoms with Gasteiger partial charge in [0.25, 0.3) is 0 Å². The topological polar surface area (TPSA) is 0 Å². The van der Waals surface area contributed by atoms with Crippen LogP contribution in [0.3, 0.4) is 0 Å². The maximum atomic E-state index is 2.43. The largest absolute Gasteiger partial charge is 0.0622 e. The Bertz CT molecular complexity index is 2910. The second-order valence-corrected chi connectivity index (χ2v) is 13.6. The SMILES string of the molecule is c1ccc(-c2ccc(-c3c4ccc(-c5cccc6ccccc56)cc4c(-c4ccccc4)c4ccc(-c5cccc6ccccc56)cc34)cc2)cc1. The van der Waals surface area contributed by atoms with Gasteiger partial charge in [0.05, 0.1) is 0 Å². The van der Waals surface area contributed by atoms with Crippen LogP contribution in [0.1, 0.15) is 0 Å². The van der Waals surface area contributed by atoms with E-state index in [1.54, 1.807) is 0 Å². The lowest BCUT2D eigenvalue weighted by Crippen LogP contribution is -1.93. The highest BCUT2D eigenvalue weighted by molar-refractivity contribution is 6.23. The van der Waals surface area contributed by atoms with Crippen LogP contribution in [0.15, 0.2) is 206 Å². The zero-order chi connectivity index (χ0) is 34.4. The predicted octanol–water partition coefficient (Wildman–Crippen LogP) is 14.6. The van der Waals surface area contributed by atoms with Crippen LogP contribution in [0.5, 0.6) is 0 Å². The summed E-state index contributed by atoms with van der Waals surface area (Å²) in [7, 11) is 0. The molecule has 52 heavy (non-hydrogen) atoms. The summed E-state index contributed by atoms with van der Waals surface area (Å²) < 4.78 is 0. The molecule has 0 nitrogen and oxygen atoms in total. The lowest BCUT2D eigenvalue weighted by Gasteiger charge is -2.20. The highest BCUT2D eigenvalue weighted by Gasteiger charge is 2.19. The van der Waals surface area contributed by atoms with Crippen LogP contribution in [0, 0.1) is 0 Å². The minimum atomic E-state index is 1.21. The van der Waals surface area contributed by atoms with E-state index in [1.165, 1.54) is 98.7 Å². The Labute approximate surface area is 303 Å². The van der Waals surface area contributed by atoms with Crippen molar-refractivity contribution in [3.05, 3.63) is 206 Å². The Morgan fingerprint density at radius 3 is 1.08 bits per heavy atom. The third-order valence-corrected chi connectivity index (χ3v) is 10.7. The monoisotopic (exact) mass is 658 g/mol. The van der Waals surface area contributed by atoms with E-state index in [-0.39, 0.29) is 0 Å². The molecule has 0 bridgehead atoms. The summed E-state index contributed by atoms with van der Waals surface area (Å²) in [5, 5.41) is 10.0. The van der Waals surface area contributed by atoms with Gasteiger partial charge in [0.1, 0.15) is 0 Å². The van der Waals surface area contributed by atoms with Gasteiger partial charge in [-0.25, -0.2) is 0 Å². The van der Waals surface area contributed by atoms with Crippen LogP contribution in [-0.4, -0.2) is 0 Å². The highest BCUT2D eigenvalue weighted by Crippen LogP contribution is 2.47. The first-order chi connectivity index (χ1) is 25.8. The van der Waals surface area contributed by atoms with E-state index in [4.69, 9.17) is 0 Å². The van der Waals surface area contributed by atoms with E-state index in [2.05, 4.69) is 206 Å². The molecule has 0 saturated carbocycles. The van der Waals surface area contributed by atoms with Gasteiger partial charge in [0, 0.05) is 0 Å².